The fourth-order valence-corrected chi connectivity index (χ4v) is 0.310. The molecule has 0 aliphatic carbocycles. The Morgan fingerprint density at radius 3 is 2.33 bits per heavy atom. The summed E-state index contributed by atoms with van der Waals surface area (Å²) in [5, 5.41) is 0. The second-order valence-corrected chi connectivity index (χ2v) is 1.33. The first-order chi connectivity index (χ1) is 4.41. The number of rotatable bonds is 6. The van der Waals surface area contributed by atoms with Gasteiger partial charge in [0.05, 0.1) is 19.8 Å². The molecule has 0 atom stereocenters. The number of hydrogen-bond acceptors (Lipinski definition) is 4. The van der Waals surface area contributed by atoms with Gasteiger partial charge in [-0.1, -0.05) is 0 Å². The van der Waals surface area contributed by atoms with Gasteiger partial charge in [0.1, 0.15) is 0 Å². The Kier molecular flexibility index (Phi) is 7.63. The minimum atomic E-state index is 0.282. The Balaban J connectivity index is 2.60. The molecule has 0 aromatic heterocycles. The summed E-state index contributed by atoms with van der Waals surface area (Å²) < 4.78 is 4.86. The van der Waals surface area contributed by atoms with Gasteiger partial charge < -0.3 is 20.3 Å². The minimum absolute atomic E-state index is 0.282. The molecule has 0 fully saturated rings. The molecule has 3 N–H and O–H groups in total. The molecule has 0 saturated carbocycles. The van der Waals surface area contributed by atoms with Crippen LogP contribution in [0.2, 0.25) is 0 Å². The quantitative estimate of drug-likeness (QED) is 0.406. The molecular formula is C4H11N2O3-. The molecule has 0 aromatic carbocycles. The Morgan fingerprint density at radius 1 is 1.11 bits per heavy atom. The molecule has 0 amide bonds. The third-order valence-corrected chi connectivity index (χ3v) is 0.675. The zero-order valence-electron chi connectivity index (χ0n) is 5.13. The van der Waals surface area contributed by atoms with Gasteiger partial charge in [-0.05, 0) is 0 Å². The SMILES string of the molecule is [NH-]OCCOCCON. The monoisotopic (exact) mass is 135 g/mol. The summed E-state index contributed by atoms with van der Waals surface area (Å²) in [6.45, 7) is 1.51. The third kappa shape index (κ3) is 7.80. The molecule has 5 nitrogen and oxygen atoms in total. The Hall–Kier alpha value is -0.200. The Morgan fingerprint density at radius 2 is 1.78 bits per heavy atom. The van der Waals surface area contributed by atoms with E-state index >= 15 is 0 Å². The fraction of sp³-hybridized carbons (Fsp3) is 1.00. The van der Waals surface area contributed by atoms with Gasteiger partial charge in [-0.3, -0.25) is 0 Å². The van der Waals surface area contributed by atoms with E-state index < -0.39 is 0 Å². The molecule has 0 aliphatic rings. The van der Waals surface area contributed by atoms with Gasteiger partial charge >= 0.3 is 0 Å². The van der Waals surface area contributed by atoms with Crippen LogP contribution in [0.5, 0.6) is 0 Å². The van der Waals surface area contributed by atoms with Crippen molar-refractivity contribution in [2.24, 2.45) is 5.90 Å². The summed E-state index contributed by atoms with van der Waals surface area (Å²) in [6.07, 6.45) is 0. The maximum absolute atomic E-state index is 6.25. The second-order valence-electron chi connectivity index (χ2n) is 1.33. The number of hydrogen-bond donors (Lipinski definition) is 1. The Bertz CT molecular complexity index is 47.1. The lowest BCUT2D eigenvalue weighted by Gasteiger charge is -2.04. The van der Waals surface area contributed by atoms with Crippen molar-refractivity contribution in [2.45, 2.75) is 0 Å². The van der Waals surface area contributed by atoms with E-state index in [2.05, 4.69) is 9.68 Å². The number of nitrogens with one attached hydrogen (secondary N) is 1. The van der Waals surface area contributed by atoms with Crippen molar-refractivity contribution in [2.75, 3.05) is 26.4 Å². The normalized spacial score (nSPS) is 10.0. The first kappa shape index (κ1) is 8.80. The molecule has 0 bridgehead atoms. The van der Waals surface area contributed by atoms with Crippen molar-refractivity contribution in [3.63, 3.8) is 0 Å². The molecule has 0 saturated heterocycles. The van der Waals surface area contributed by atoms with Crippen LogP contribution in [0.4, 0.5) is 0 Å². The van der Waals surface area contributed by atoms with Crippen molar-refractivity contribution in [3.05, 3.63) is 5.90 Å². The van der Waals surface area contributed by atoms with Crippen LogP contribution in [0.25, 0.3) is 5.90 Å². The molecule has 0 unspecified atom stereocenters. The average Bonchev–Trinajstić information content (AvgIpc) is 1.89. The predicted molar refractivity (Wildman–Crippen MR) is 31.2 cm³/mol. The second kappa shape index (κ2) is 7.80. The molecule has 0 aromatic rings. The van der Waals surface area contributed by atoms with Crippen LogP contribution in [0.1, 0.15) is 0 Å². The van der Waals surface area contributed by atoms with Crippen LogP contribution in [0.3, 0.4) is 0 Å². The largest absolute Gasteiger partial charge is 0.549 e. The molecule has 0 rings (SSSR count). The molecule has 56 valence electrons. The van der Waals surface area contributed by atoms with Crippen LogP contribution in [0.15, 0.2) is 0 Å². The summed E-state index contributed by atoms with van der Waals surface area (Å²) in [5.74, 6) is 10.9. The lowest BCUT2D eigenvalue weighted by molar-refractivity contribution is 0.0304. The van der Waals surface area contributed by atoms with E-state index in [-0.39, 0.29) is 6.61 Å². The third-order valence-electron chi connectivity index (χ3n) is 0.675. The van der Waals surface area contributed by atoms with Crippen molar-refractivity contribution >= 4 is 0 Å². The number of ether oxygens (including phenoxy) is 1. The van der Waals surface area contributed by atoms with Gasteiger partial charge in [-0.25, -0.2) is 5.90 Å². The van der Waals surface area contributed by atoms with Crippen LogP contribution >= 0.6 is 0 Å². The summed E-state index contributed by atoms with van der Waals surface area (Å²) in [5.41, 5.74) is 0. The van der Waals surface area contributed by atoms with E-state index in [0.29, 0.717) is 19.8 Å². The van der Waals surface area contributed by atoms with Crippen molar-refractivity contribution in [3.8, 4) is 0 Å². The van der Waals surface area contributed by atoms with E-state index in [1.54, 1.807) is 0 Å². The topological polar surface area (TPSA) is 77.5 Å². The fourth-order valence-electron chi connectivity index (χ4n) is 0.310. The predicted octanol–water partition coefficient (Wildman–Crippen LogP) is -0.123. The molecule has 0 spiro atoms. The van der Waals surface area contributed by atoms with Gasteiger partial charge in [0, 0.05) is 6.61 Å². The average molecular weight is 135 g/mol. The Labute approximate surface area is 53.8 Å². The van der Waals surface area contributed by atoms with E-state index in [9.17, 15) is 0 Å². The van der Waals surface area contributed by atoms with Crippen LogP contribution < -0.4 is 5.90 Å². The van der Waals surface area contributed by atoms with Gasteiger partial charge in [0.15, 0.2) is 0 Å². The molecule has 0 radical (unpaired) electrons. The summed E-state index contributed by atoms with van der Waals surface area (Å²) in [7, 11) is 0. The minimum Gasteiger partial charge on any atom is -0.549 e. The molecule has 0 aliphatic heterocycles. The van der Waals surface area contributed by atoms with Crippen LogP contribution in [-0.4, -0.2) is 26.4 Å². The number of nitrogens with two attached hydrogens (primary N) is 1. The highest BCUT2D eigenvalue weighted by Crippen LogP contribution is 1.76. The van der Waals surface area contributed by atoms with Crippen LogP contribution in [-0.2, 0) is 14.4 Å². The summed E-state index contributed by atoms with van der Waals surface area (Å²) in [6, 6.07) is 0. The van der Waals surface area contributed by atoms with Gasteiger partial charge in [-0.2, -0.15) is 0 Å². The highest BCUT2D eigenvalue weighted by molar-refractivity contribution is 4.29. The van der Waals surface area contributed by atoms with E-state index in [0.717, 1.165) is 0 Å². The van der Waals surface area contributed by atoms with Crippen molar-refractivity contribution < 1.29 is 14.4 Å². The van der Waals surface area contributed by atoms with Crippen LogP contribution in [0, 0.1) is 0 Å². The van der Waals surface area contributed by atoms with Crippen molar-refractivity contribution in [1.82, 2.24) is 0 Å². The lowest BCUT2D eigenvalue weighted by Crippen LogP contribution is -2.10. The first-order valence-electron chi connectivity index (χ1n) is 2.59. The lowest BCUT2D eigenvalue weighted by atomic mass is 10.7. The molecule has 5 heteroatoms. The zero-order chi connectivity index (χ0) is 6.95. The first-order valence-corrected chi connectivity index (χ1v) is 2.59. The van der Waals surface area contributed by atoms with E-state index in [1.807, 2.05) is 0 Å². The highest BCUT2D eigenvalue weighted by atomic mass is 16.6. The maximum Gasteiger partial charge on any atom is 0.0913 e. The molecular weight excluding hydrogens is 124 g/mol. The molecule has 0 heterocycles. The summed E-state index contributed by atoms with van der Waals surface area (Å²) >= 11 is 0. The molecule has 9 heavy (non-hydrogen) atoms. The van der Waals surface area contributed by atoms with E-state index in [1.165, 1.54) is 0 Å². The smallest absolute Gasteiger partial charge is 0.0913 e. The van der Waals surface area contributed by atoms with Crippen molar-refractivity contribution in [1.29, 1.82) is 0 Å². The highest BCUT2D eigenvalue weighted by Gasteiger charge is 1.83. The van der Waals surface area contributed by atoms with E-state index in [4.69, 9.17) is 16.5 Å². The zero-order valence-corrected chi connectivity index (χ0v) is 5.13. The summed E-state index contributed by atoms with van der Waals surface area (Å²) in [4.78, 5) is 8.18. The standard InChI is InChI=1S/C4H11N2O3/c5-8-3-1-7-2-4-9-6/h5H,1-4,6H2/q-1. The van der Waals surface area contributed by atoms with Gasteiger partial charge in [-0.15, -0.1) is 0 Å². The van der Waals surface area contributed by atoms with Gasteiger partial charge in [0.2, 0.25) is 0 Å². The maximum atomic E-state index is 6.25. The van der Waals surface area contributed by atoms with Gasteiger partial charge in [0.25, 0.3) is 0 Å².